The number of benzene rings is 4. The van der Waals surface area contributed by atoms with Crippen LogP contribution < -0.4 is 0 Å². The van der Waals surface area contributed by atoms with E-state index in [0.29, 0.717) is 39.3 Å². The van der Waals surface area contributed by atoms with Gasteiger partial charge in [-0.05, 0) is 40.5 Å². The summed E-state index contributed by atoms with van der Waals surface area (Å²) in [6.07, 6.45) is 4.46. The maximum atomic E-state index is 17.0. The molecule has 0 unspecified atom stereocenters. The molecule has 0 spiro atoms. The first-order valence-electron chi connectivity index (χ1n) is 16.6. The lowest BCUT2D eigenvalue weighted by Crippen LogP contribution is -2.07. The van der Waals surface area contributed by atoms with Gasteiger partial charge in [0.05, 0.1) is 22.8 Å². The second-order valence-corrected chi connectivity index (χ2v) is 12.4. The first kappa shape index (κ1) is 32.1. The maximum absolute atomic E-state index is 17.0. The highest BCUT2D eigenvalue weighted by Crippen LogP contribution is 2.48. The van der Waals surface area contributed by atoms with Gasteiger partial charge in [0, 0.05) is 22.3 Å². The lowest BCUT2D eigenvalue weighted by atomic mass is 9.86. The van der Waals surface area contributed by atoms with Crippen molar-refractivity contribution in [3.63, 3.8) is 0 Å². The molecule has 8 bridgehead atoms. The Hall–Kier alpha value is -6.87. The molecule has 0 aromatic heterocycles. The van der Waals surface area contributed by atoms with Gasteiger partial charge in [-0.3, -0.25) is 0 Å². The van der Waals surface area contributed by atoms with Crippen molar-refractivity contribution in [2.45, 2.75) is 0 Å². The van der Waals surface area contributed by atoms with Crippen LogP contribution in [-0.2, 0) is 0 Å². The number of hydrogen-bond donors (Lipinski definition) is 0. The number of nitrogens with zero attached hydrogens (tertiary/aromatic N) is 4. The average Bonchev–Trinajstić information content (AvgIpc) is 3.97. The topological polar surface area (TPSA) is 49.4 Å². The van der Waals surface area contributed by atoms with Gasteiger partial charge in [-0.2, -0.15) is 0 Å². The Labute approximate surface area is 300 Å². The van der Waals surface area contributed by atoms with Gasteiger partial charge in [0.2, 0.25) is 0 Å². The summed E-state index contributed by atoms with van der Waals surface area (Å²) in [6.45, 7) is 0. The minimum Gasteiger partial charge on any atom is -0.247 e. The summed E-state index contributed by atoms with van der Waals surface area (Å²) >= 11 is 0. The summed E-state index contributed by atoms with van der Waals surface area (Å²) in [4.78, 5) is 17.8. The summed E-state index contributed by atoms with van der Waals surface area (Å²) in [7, 11) is 0. The number of halogens is 5. The minimum absolute atomic E-state index is 0.00267. The lowest BCUT2D eigenvalue weighted by Gasteiger charge is -2.17. The molecule has 254 valence electrons. The number of hydrogen-bond acceptors (Lipinski definition) is 4. The smallest absolute Gasteiger partial charge is 0.189 e. The standard InChI is InChI=1S/C44H23F5N4/c45-35-29-22-21-28(50-29)23-30-31(24-13-5-1-6-14-24)32(25-15-7-2-8-16-25)40(51-30)34(27-19-11-4-12-20-27)41-33(26-17-9-3-10-18-26)36(46)43(52-41)39(49)44-38(48)37(47)42(35)53-44/h1-23H. The maximum Gasteiger partial charge on any atom is 0.189 e. The third-order valence-corrected chi connectivity index (χ3v) is 9.21. The van der Waals surface area contributed by atoms with Crippen molar-refractivity contribution < 1.29 is 22.0 Å². The summed E-state index contributed by atoms with van der Waals surface area (Å²) in [6, 6.07) is 36.5. The van der Waals surface area contributed by atoms with Crippen LogP contribution in [0.4, 0.5) is 22.0 Å². The van der Waals surface area contributed by atoms with E-state index in [1.807, 2.05) is 78.9 Å². The molecule has 0 aliphatic carbocycles. The average molecular weight is 703 g/mol. The van der Waals surface area contributed by atoms with E-state index in [1.165, 1.54) is 12.2 Å². The zero-order chi connectivity index (χ0) is 36.2. The molecule has 0 atom stereocenters. The fourth-order valence-electron chi connectivity index (χ4n) is 6.83. The molecule has 5 heterocycles. The fraction of sp³-hybridized carbons (Fsp3) is 0. The van der Waals surface area contributed by atoms with Crippen molar-refractivity contribution in [2.75, 3.05) is 0 Å². The van der Waals surface area contributed by atoms with Gasteiger partial charge >= 0.3 is 0 Å². The van der Waals surface area contributed by atoms with Crippen LogP contribution in [0, 0.1) is 0 Å². The highest BCUT2D eigenvalue weighted by Gasteiger charge is 2.39. The van der Waals surface area contributed by atoms with Crippen molar-refractivity contribution >= 4 is 45.1 Å². The third-order valence-electron chi connectivity index (χ3n) is 9.21. The zero-order valence-electron chi connectivity index (χ0n) is 27.5. The van der Waals surface area contributed by atoms with Gasteiger partial charge in [-0.25, -0.2) is 41.9 Å². The Morgan fingerprint density at radius 2 is 0.811 bits per heavy atom. The molecule has 0 saturated carbocycles. The molecule has 9 rings (SSSR count). The van der Waals surface area contributed by atoms with Gasteiger partial charge < -0.3 is 0 Å². The van der Waals surface area contributed by atoms with E-state index in [1.54, 1.807) is 48.5 Å². The second-order valence-electron chi connectivity index (χ2n) is 12.4. The van der Waals surface area contributed by atoms with E-state index in [-0.39, 0.29) is 22.7 Å². The molecule has 0 radical (unpaired) electrons. The van der Waals surface area contributed by atoms with Crippen molar-refractivity contribution in [1.82, 2.24) is 0 Å². The van der Waals surface area contributed by atoms with E-state index in [0.717, 1.165) is 11.1 Å². The summed E-state index contributed by atoms with van der Waals surface area (Å²) in [5.41, 5.74) is 1.60. The van der Waals surface area contributed by atoms with E-state index in [2.05, 4.69) is 15.0 Å². The highest BCUT2D eigenvalue weighted by atomic mass is 19.2. The van der Waals surface area contributed by atoms with Gasteiger partial charge in [0.25, 0.3) is 0 Å². The van der Waals surface area contributed by atoms with E-state index in [4.69, 9.17) is 4.99 Å². The van der Waals surface area contributed by atoms with Crippen LogP contribution in [0.1, 0.15) is 22.3 Å². The molecule has 5 aliphatic heterocycles. The van der Waals surface area contributed by atoms with E-state index in [9.17, 15) is 0 Å². The first-order chi connectivity index (χ1) is 25.9. The van der Waals surface area contributed by atoms with Gasteiger partial charge in [0.15, 0.2) is 29.1 Å². The Morgan fingerprint density at radius 3 is 1.40 bits per heavy atom. The summed E-state index contributed by atoms with van der Waals surface area (Å²) in [5.74, 6) is -7.58. The van der Waals surface area contributed by atoms with Crippen molar-refractivity contribution in [3.05, 3.63) is 214 Å². The van der Waals surface area contributed by atoms with Crippen molar-refractivity contribution in [1.29, 1.82) is 0 Å². The largest absolute Gasteiger partial charge is 0.247 e. The predicted octanol–water partition coefficient (Wildman–Crippen LogP) is 11.2. The van der Waals surface area contributed by atoms with Gasteiger partial charge in [0.1, 0.15) is 22.8 Å². The van der Waals surface area contributed by atoms with Gasteiger partial charge in [-0.1, -0.05) is 121 Å². The Bertz CT molecular complexity index is 2650. The Kier molecular flexibility index (Phi) is 7.69. The molecular weight excluding hydrogens is 680 g/mol. The lowest BCUT2D eigenvalue weighted by molar-refractivity contribution is 0.566. The molecule has 0 N–H and O–H groups in total. The van der Waals surface area contributed by atoms with Crippen LogP contribution >= 0.6 is 0 Å². The van der Waals surface area contributed by atoms with Gasteiger partial charge in [-0.15, -0.1) is 0 Å². The minimum atomic E-state index is -1.78. The number of allylic oxidation sites excluding steroid dienone is 12. The number of fused-ring (bicyclic) bond motifs is 4. The van der Waals surface area contributed by atoms with Crippen LogP contribution in [0.25, 0.3) is 22.3 Å². The predicted molar refractivity (Wildman–Crippen MR) is 200 cm³/mol. The zero-order valence-corrected chi connectivity index (χ0v) is 27.5. The highest BCUT2D eigenvalue weighted by molar-refractivity contribution is 6.50. The molecule has 53 heavy (non-hydrogen) atoms. The summed E-state index contributed by atoms with van der Waals surface area (Å²) < 4.78 is 80.2. The van der Waals surface area contributed by atoms with Crippen molar-refractivity contribution in [3.8, 4) is 0 Å². The fourth-order valence-corrected chi connectivity index (χ4v) is 6.83. The molecular formula is C44H23F5N4. The van der Waals surface area contributed by atoms with Crippen LogP contribution in [0.5, 0.6) is 0 Å². The number of rotatable bonds is 4. The third kappa shape index (κ3) is 5.28. The van der Waals surface area contributed by atoms with Crippen LogP contribution in [0.2, 0.25) is 0 Å². The summed E-state index contributed by atoms with van der Waals surface area (Å²) in [5, 5.41) is 0. The quantitative estimate of drug-likeness (QED) is 0.190. The first-order valence-corrected chi connectivity index (χ1v) is 16.6. The molecule has 4 aromatic carbocycles. The van der Waals surface area contributed by atoms with Crippen LogP contribution in [-0.4, -0.2) is 22.8 Å². The number of aliphatic imine (C=N–C) groups is 4. The molecule has 5 aliphatic rings. The molecule has 0 saturated heterocycles. The Balaban J connectivity index is 1.48. The normalized spacial score (nSPS) is 18.3. The van der Waals surface area contributed by atoms with Crippen molar-refractivity contribution in [2.24, 2.45) is 20.0 Å². The monoisotopic (exact) mass is 702 g/mol. The SMILES string of the molecule is FC1=C(F)C2=C(F)C3=NC(=CC4=NC(=C(c5ccccc5)C5=NC(=C(F)C1=N2)C(F)=C5c1ccccc1)C(c1ccccc1)=C4c1ccccc1)C=C3. The van der Waals surface area contributed by atoms with Crippen LogP contribution in [0.3, 0.4) is 0 Å². The van der Waals surface area contributed by atoms with E-state index < -0.39 is 46.2 Å². The Morgan fingerprint density at radius 1 is 0.321 bits per heavy atom. The molecule has 9 heteroatoms. The molecule has 0 amide bonds. The molecule has 0 fully saturated rings. The van der Waals surface area contributed by atoms with Crippen LogP contribution in [0.15, 0.2) is 211 Å². The second kappa shape index (κ2) is 12.7. The molecule has 4 aromatic rings. The van der Waals surface area contributed by atoms with E-state index >= 15 is 22.0 Å². The molecule has 4 nitrogen and oxygen atoms in total.